The van der Waals surface area contributed by atoms with Crippen LogP contribution in [0.15, 0.2) is 36.5 Å². The van der Waals surface area contributed by atoms with Crippen molar-refractivity contribution >= 4 is 28.9 Å². The fourth-order valence-electron chi connectivity index (χ4n) is 1.74. The zero-order valence-electron chi connectivity index (χ0n) is 10.8. The average Bonchev–Trinajstić information content (AvgIpc) is 2.46. The van der Waals surface area contributed by atoms with Crippen LogP contribution in [0.3, 0.4) is 0 Å². The fraction of sp³-hybridized carbons (Fsp3) is 0.0769. The first-order valence-electron chi connectivity index (χ1n) is 5.74. The lowest BCUT2D eigenvalue weighted by Crippen LogP contribution is -2.27. The van der Waals surface area contributed by atoms with E-state index in [0.29, 0.717) is 5.69 Å². The summed E-state index contributed by atoms with van der Waals surface area (Å²) < 4.78 is 12.9. The molecule has 0 aliphatic rings. The minimum atomic E-state index is -0.763. The molecule has 8 heteroatoms. The van der Waals surface area contributed by atoms with Crippen LogP contribution in [0.25, 0.3) is 0 Å². The number of nitro groups is 1. The van der Waals surface area contributed by atoms with Gasteiger partial charge in [-0.25, -0.2) is 9.37 Å². The Morgan fingerprint density at radius 3 is 2.52 bits per heavy atom. The van der Waals surface area contributed by atoms with Crippen molar-refractivity contribution in [1.82, 2.24) is 4.98 Å². The predicted molar refractivity (Wildman–Crippen MR) is 75.0 cm³/mol. The zero-order chi connectivity index (χ0) is 15.6. The number of anilines is 1. The minimum Gasteiger partial charge on any atom is -0.311 e. The molecule has 6 nitrogen and oxygen atoms in total. The predicted octanol–water partition coefficient (Wildman–Crippen LogP) is 3.06. The normalized spacial score (nSPS) is 10.2. The van der Waals surface area contributed by atoms with E-state index in [4.69, 9.17) is 11.6 Å². The third-order valence-corrected chi connectivity index (χ3v) is 3.09. The Morgan fingerprint density at radius 2 is 1.95 bits per heavy atom. The number of aromatic nitrogens is 1. The smallest absolute Gasteiger partial charge is 0.311 e. The lowest BCUT2D eigenvalue weighted by Gasteiger charge is -2.17. The largest absolute Gasteiger partial charge is 0.319 e. The Hall–Kier alpha value is -2.54. The summed E-state index contributed by atoms with van der Waals surface area (Å²) >= 11 is 5.67. The molecule has 21 heavy (non-hydrogen) atoms. The van der Waals surface area contributed by atoms with Gasteiger partial charge in [-0.2, -0.15) is 0 Å². The van der Waals surface area contributed by atoms with Crippen molar-refractivity contribution in [2.75, 3.05) is 11.9 Å². The van der Waals surface area contributed by atoms with Crippen LogP contribution in [0.4, 0.5) is 15.8 Å². The first kappa shape index (κ1) is 14.9. The second-order valence-electron chi connectivity index (χ2n) is 4.10. The lowest BCUT2D eigenvalue weighted by atomic mass is 10.2. The number of carbonyl (C=O) groups excluding carboxylic acids is 1. The molecule has 1 heterocycles. The second kappa shape index (κ2) is 5.84. The molecule has 0 aliphatic carbocycles. The first-order chi connectivity index (χ1) is 9.91. The summed E-state index contributed by atoms with van der Waals surface area (Å²) in [7, 11) is 1.42. The van der Waals surface area contributed by atoms with E-state index in [-0.39, 0.29) is 10.7 Å². The molecule has 0 radical (unpaired) electrons. The average molecular weight is 310 g/mol. The second-order valence-corrected chi connectivity index (χ2v) is 4.45. The van der Waals surface area contributed by atoms with Crippen LogP contribution in [0, 0.1) is 15.9 Å². The van der Waals surface area contributed by atoms with Gasteiger partial charge in [-0.1, -0.05) is 11.6 Å². The van der Waals surface area contributed by atoms with Gasteiger partial charge in [0.2, 0.25) is 5.15 Å². The van der Waals surface area contributed by atoms with Crippen LogP contribution in [0.5, 0.6) is 0 Å². The number of nitrogens with zero attached hydrogens (tertiary/aromatic N) is 3. The quantitative estimate of drug-likeness (QED) is 0.496. The van der Waals surface area contributed by atoms with Gasteiger partial charge in [0.05, 0.1) is 4.92 Å². The maximum absolute atomic E-state index is 12.9. The maximum atomic E-state index is 12.9. The minimum absolute atomic E-state index is 0.188. The topological polar surface area (TPSA) is 76.3 Å². The molecule has 0 bridgehead atoms. The van der Waals surface area contributed by atoms with E-state index in [2.05, 4.69) is 4.98 Å². The van der Waals surface area contributed by atoms with Crippen molar-refractivity contribution in [3.63, 3.8) is 0 Å². The van der Waals surface area contributed by atoms with Crippen LogP contribution >= 0.6 is 11.6 Å². The standard InChI is InChI=1S/C13H9ClFN3O3/c1-17(9-4-2-8(15)3-5-9)13(19)10-6-7-16-12(14)11(10)18(20)21/h2-7H,1H3. The highest BCUT2D eigenvalue weighted by Gasteiger charge is 2.27. The van der Waals surface area contributed by atoms with Crippen molar-refractivity contribution < 1.29 is 14.1 Å². The number of hydrogen-bond acceptors (Lipinski definition) is 4. The van der Waals surface area contributed by atoms with Crippen molar-refractivity contribution in [1.29, 1.82) is 0 Å². The van der Waals surface area contributed by atoms with E-state index in [9.17, 15) is 19.3 Å². The van der Waals surface area contributed by atoms with Crippen LogP contribution in [0.2, 0.25) is 5.15 Å². The molecular weight excluding hydrogens is 301 g/mol. The summed E-state index contributed by atoms with van der Waals surface area (Å²) in [5, 5.41) is 10.6. The number of hydrogen-bond donors (Lipinski definition) is 0. The third-order valence-electron chi connectivity index (χ3n) is 2.81. The molecule has 0 spiro atoms. The monoisotopic (exact) mass is 309 g/mol. The van der Waals surface area contributed by atoms with E-state index >= 15 is 0 Å². The van der Waals surface area contributed by atoms with Gasteiger partial charge in [0.25, 0.3) is 5.91 Å². The van der Waals surface area contributed by atoms with Gasteiger partial charge in [-0.15, -0.1) is 0 Å². The zero-order valence-corrected chi connectivity index (χ0v) is 11.5. The van der Waals surface area contributed by atoms with Gasteiger partial charge >= 0.3 is 5.69 Å². The molecule has 1 amide bonds. The summed E-state index contributed by atoms with van der Waals surface area (Å²) in [5.41, 5.74) is -0.353. The highest BCUT2D eigenvalue weighted by molar-refractivity contribution is 6.32. The number of halogens is 2. The number of rotatable bonds is 3. The van der Waals surface area contributed by atoms with E-state index in [0.717, 1.165) is 4.90 Å². The molecule has 0 N–H and O–H groups in total. The highest BCUT2D eigenvalue weighted by atomic mass is 35.5. The van der Waals surface area contributed by atoms with Crippen LogP contribution < -0.4 is 4.90 Å². The number of pyridine rings is 1. The summed E-state index contributed by atoms with van der Waals surface area (Å²) in [5.74, 6) is -1.09. The number of amides is 1. The summed E-state index contributed by atoms with van der Waals surface area (Å²) in [6.45, 7) is 0. The van der Waals surface area contributed by atoms with Crippen molar-refractivity contribution in [2.24, 2.45) is 0 Å². The van der Waals surface area contributed by atoms with Crippen molar-refractivity contribution in [3.05, 3.63) is 63.2 Å². The van der Waals surface area contributed by atoms with Gasteiger partial charge in [0, 0.05) is 18.9 Å². The van der Waals surface area contributed by atoms with E-state index in [1.54, 1.807) is 0 Å². The molecule has 1 aromatic heterocycles. The Bertz CT molecular complexity index is 706. The molecule has 0 saturated heterocycles. The Morgan fingerprint density at radius 1 is 1.33 bits per heavy atom. The van der Waals surface area contributed by atoms with Gasteiger partial charge in [0.15, 0.2) is 0 Å². The molecule has 108 valence electrons. The third kappa shape index (κ3) is 2.97. The van der Waals surface area contributed by atoms with Gasteiger partial charge in [-0.05, 0) is 30.3 Å². The van der Waals surface area contributed by atoms with Gasteiger partial charge in [0.1, 0.15) is 11.4 Å². The molecule has 0 atom stereocenters. The molecule has 2 aromatic rings. The number of benzene rings is 1. The fourth-order valence-corrected chi connectivity index (χ4v) is 1.96. The van der Waals surface area contributed by atoms with E-state index < -0.39 is 22.3 Å². The van der Waals surface area contributed by atoms with E-state index in [1.807, 2.05) is 0 Å². The van der Waals surface area contributed by atoms with Crippen molar-refractivity contribution in [3.8, 4) is 0 Å². The summed E-state index contributed by atoms with van der Waals surface area (Å²) in [4.78, 5) is 27.4. The molecule has 2 rings (SSSR count). The van der Waals surface area contributed by atoms with Crippen molar-refractivity contribution in [2.45, 2.75) is 0 Å². The Labute approximate surface area is 123 Å². The SMILES string of the molecule is CN(C(=O)c1ccnc(Cl)c1[N+](=O)[O-])c1ccc(F)cc1. The molecule has 0 unspecified atom stereocenters. The van der Waals surface area contributed by atoms with Crippen LogP contribution in [0.1, 0.15) is 10.4 Å². The summed E-state index contributed by atoms with van der Waals surface area (Å²) in [6, 6.07) is 6.37. The summed E-state index contributed by atoms with van der Waals surface area (Å²) in [6.07, 6.45) is 1.21. The maximum Gasteiger partial charge on any atom is 0.319 e. The molecule has 1 aromatic carbocycles. The van der Waals surface area contributed by atoms with E-state index in [1.165, 1.54) is 43.6 Å². The van der Waals surface area contributed by atoms with Crippen LogP contribution in [-0.2, 0) is 0 Å². The first-order valence-corrected chi connectivity index (χ1v) is 6.12. The molecule has 0 aliphatic heterocycles. The van der Waals surface area contributed by atoms with Gasteiger partial charge < -0.3 is 4.90 Å². The Kier molecular flexibility index (Phi) is 4.13. The molecular formula is C13H9ClFN3O3. The highest BCUT2D eigenvalue weighted by Crippen LogP contribution is 2.28. The molecule has 0 fully saturated rings. The lowest BCUT2D eigenvalue weighted by molar-refractivity contribution is -0.385. The van der Waals surface area contributed by atoms with Crippen LogP contribution in [-0.4, -0.2) is 22.9 Å². The number of carbonyl (C=O) groups is 1. The van der Waals surface area contributed by atoms with Gasteiger partial charge in [-0.3, -0.25) is 14.9 Å². The molecule has 0 saturated carbocycles. The Balaban J connectivity index is 2.43.